The summed E-state index contributed by atoms with van der Waals surface area (Å²) in [4.78, 5) is 48.8. The number of ether oxygens (including phenoxy) is 1. The molecule has 1 aromatic carbocycles. The minimum Gasteiger partial charge on any atom is -0.424 e. The molecule has 4 unspecified atom stereocenters. The normalized spacial score (nSPS) is 40.9. The molecule has 8 nitrogen and oxygen atoms in total. The first kappa shape index (κ1) is 26.5. The highest BCUT2D eigenvalue weighted by atomic mass is 32.2. The van der Waals surface area contributed by atoms with Crippen LogP contribution in [0.5, 0.6) is 5.75 Å². The Morgan fingerprint density at radius 1 is 1.15 bits per heavy atom. The Balaban J connectivity index is 1.19. The Bertz CT molecular complexity index is 1320. The predicted molar refractivity (Wildman–Crippen MR) is 144 cm³/mol. The van der Waals surface area contributed by atoms with Crippen LogP contribution < -0.4 is 10.1 Å². The minimum atomic E-state index is -1.74. The standard InChI is InChI=1S/C30H33NO7S/c1-28-11-9-18(32)14-17(28)5-8-20-21-10-12-30(37,29(21,2)15-22(33)24(20)28)26(35)38-19-6-3-16(4-7-19)13-23-25(34)31-27(36)39-23/h3-4,6-7,9,11,14,20-24,33,37H,5,8,10,12-13,15H2,1-2H3,(H,31,34,36)/t20?,21?,22-,23?,24?,28-,29-,30-/m0/s1. The number of allylic oxidation sites excluding steroid dienone is 4. The summed E-state index contributed by atoms with van der Waals surface area (Å²) in [6.07, 6.45) is 7.65. The van der Waals surface area contributed by atoms with Gasteiger partial charge in [0.2, 0.25) is 5.91 Å². The Kier molecular flexibility index (Phi) is 6.21. The number of esters is 1. The largest absolute Gasteiger partial charge is 0.424 e. The zero-order chi connectivity index (χ0) is 27.7. The van der Waals surface area contributed by atoms with E-state index in [-0.39, 0.29) is 53.3 Å². The van der Waals surface area contributed by atoms with E-state index in [1.165, 1.54) is 0 Å². The molecule has 5 aliphatic rings. The van der Waals surface area contributed by atoms with Gasteiger partial charge in [0.15, 0.2) is 11.4 Å². The van der Waals surface area contributed by atoms with Crippen molar-refractivity contribution in [1.82, 2.24) is 5.32 Å². The van der Waals surface area contributed by atoms with Crippen LogP contribution in [0.2, 0.25) is 0 Å². The molecule has 6 rings (SSSR count). The fourth-order valence-corrected chi connectivity index (χ4v) is 9.15. The first-order valence-electron chi connectivity index (χ1n) is 13.6. The van der Waals surface area contributed by atoms with Gasteiger partial charge in [0.05, 0.1) is 11.4 Å². The van der Waals surface area contributed by atoms with E-state index in [2.05, 4.69) is 12.2 Å². The van der Waals surface area contributed by atoms with Crippen LogP contribution in [-0.4, -0.2) is 50.1 Å². The van der Waals surface area contributed by atoms with Crippen molar-refractivity contribution >= 4 is 34.7 Å². The van der Waals surface area contributed by atoms with Crippen molar-refractivity contribution < 1.29 is 34.1 Å². The van der Waals surface area contributed by atoms with Crippen LogP contribution in [0.1, 0.15) is 51.5 Å². The fourth-order valence-electron chi connectivity index (χ4n) is 8.29. The van der Waals surface area contributed by atoms with Crippen LogP contribution in [0.25, 0.3) is 0 Å². The van der Waals surface area contributed by atoms with E-state index in [0.29, 0.717) is 12.8 Å². The van der Waals surface area contributed by atoms with Gasteiger partial charge in [-0.2, -0.15) is 0 Å². The van der Waals surface area contributed by atoms with Crippen molar-refractivity contribution in [2.75, 3.05) is 0 Å². The molecule has 1 aliphatic heterocycles. The number of hydrogen-bond donors (Lipinski definition) is 3. The molecule has 39 heavy (non-hydrogen) atoms. The van der Waals surface area contributed by atoms with Crippen molar-refractivity contribution in [3.63, 3.8) is 0 Å². The molecule has 1 saturated heterocycles. The average molecular weight is 552 g/mol. The highest BCUT2D eigenvalue weighted by molar-refractivity contribution is 8.15. The Hall–Kier alpha value is -2.75. The minimum absolute atomic E-state index is 0.0138. The molecular weight excluding hydrogens is 518 g/mol. The fraction of sp³-hybridized carbons (Fsp3) is 0.533. The molecule has 9 heteroatoms. The van der Waals surface area contributed by atoms with Gasteiger partial charge in [-0.15, -0.1) is 0 Å². The van der Waals surface area contributed by atoms with Gasteiger partial charge in [-0.3, -0.25) is 19.7 Å². The highest BCUT2D eigenvalue weighted by Crippen LogP contribution is 2.67. The second kappa shape index (κ2) is 9.14. The Morgan fingerprint density at radius 2 is 1.90 bits per heavy atom. The number of imide groups is 1. The first-order valence-corrected chi connectivity index (χ1v) is 14.5. The number of aliphatic hydroxyl groups excluding tert-OH is 1. The van der Waals surface area contributed by atoms with Crippen LogP contribution in [0.15, 0.2) is 48.1 Å². The smallest absolute Gasteiger partial charge is 0.344 e. The molecule has 1 aromatic rings. The highest BCUT2D eigenvalue weighted by Gasteiger charge is 2.69. The molecule has 3 saturated carbocycles. The summed E-state index contributed by atoms with van der Waals surface area (Å²) in [5.41, 5.74) is -1.12. The Morgan fingerprint density at radius 3 is 2.59 bits per heavy atom. The second-order valence-corrected chi connectivity index (χ2v) is 13.4. The zero-order valence-electron chi connectivity index (χ0n) is 22.0. The summed E-state index contributed by atoms with van der Waals surface area (Å²) in [5, 5.41) is 24.8. The summed E-state index contributed by atoms with van der Waals surface area (Å²) < 4.78 is 5.70. The summed E-state index contributed by atoms with van der Waals surface area (Å²) in [6, 6.07) is 6.74. The summed E-state index contributed by atoms with van der Waals surface area (Å²) in [7, 11) is 0. The zero-order valence-corrected chi connectivity index (χ0v) is 22.8. The molecule has 2 amide bonds. The molecule has 4 fully saturated rings. The van der Waals surface area contributed by atoms with Crippen LogP contribution >= 0.6 is 11.8 Å². The van der Waals surface area contributed by atoms with E-state index >= 15 is 0 Å². The maximum absolute atomic E-state index is 13.5. The summed E-state index contributed by atoms with van der Waals surface area (Å²) >= 11 is 0.963. The SMILES string of the molecule is C[C@]12C=CC(=O)C=C1CCC1C2[C@@H](O)C[C@@]2(C)C1CC[C@]2(O)C(=O)Oc1ccc(CC2SC(=O)NC2=O)cc1. The molecular formula is C30H33NO7S. The van der Waals surface area contributed by atoms with Gasteiger partial charge >= 0.3 is 5.97 Å². The number of amides is 2. The third-order valence-electron chi connectivity index (χ3n) is 10.3. The molecule has 0 spiro atoms. The molecule has 4 aliphatic carbocycles. The number of thioether (sulfide) groups is 1. The van der Waals surface area contributed by atoms with Gasteiger partial charge in [-0.05, 0) is 80.2 Å². The number of aliphatic hydroxyl groups is 2. The monoisotopic (exact) mass is 551 g/mol. The maximum Gasteiger partial charge on any atom is 0.344 e. The molecule has 0 bridgehead atoms. The summed E-state index contributed by atoms with van der Waals surface area (Å²) in [5.74, 6) is -0.689. The number of carbonyl (C=O) groups excluding carboxylic acids is 4. The topological polar surface area (TPSA) is 130 Å². The lowest BCUT2D eigenvalue weighted by molar-refractivity contribution is -0.189. The molecule has 206 valence electrons. The molecule has 1 heterocycles. The number of fused-ring (bicyclic) bond motifs is 5. The molecule has 3 N–H and O–H groups in total. The van der Waals surface area contributed by atoms with Gasteiger partial charge in [0.25, 0.3) is 5.24 Å². The predicted octanol–water partition coefficient (Wildman–Crippen LogP) is 3.50. The van der Waals surface area contributed by atoms with Gasteiger partial charge < -0.3 is 14.9 Å². The van der Waals surface area contributed by atoms with E-state index in [9.17, 15) is 29.4 Å². The van der Waals surface area contributed by atoms with E-state index in [1.54, 1.807) is 36.4 Å². The number of nitrogens with one attached hydrogen (secondary N) is 1. The maximum atomic E-state index is 13.5. The lowest BCUT2D eigenvalue weighted by atomic mass is 9.46. The van der Waals surface area contributed by atoms with Crippen molar-refractivity contribution in [2.24, 2.45) is 28.6 Å². The molecule has 8 atom stereocenters. The number of hydrogen-bond acceptors (Lipinski definition) is 8. The van der Waals surface area contributed by atoms with Crippen LogP contribution in [0, 0.1) is 28.6 Å². The van der Waals surface area contributed by atoms with E-state index < -0.39 is 33.8 Å². The quantitative estimate of drug-likeness (QED) is 0.383. The van der Waals surface area contributed by atoms with Crippen molar-refractivity contribution in [1.29, 1.82) is 0 Å². The number of rotatable bonds is 4. The third-order valence-corrected chi connectivity index (χ3v) is 11.3. The van der Waals surface area contributed by atoms with Crippen molar-refractivity contribution in [3.05, 3.63) is 53.6 Å². The lowest BCUT2D eigenvalue weighted by Gasteiger charge is -2.59. The van der Waals surface area contributed by atoms with Crippen molar-refractivity contribution in [3.8, 4) is 5.75 Å². The summed E-state index contributed by atoms with van der Waals surface area (Å²) in [6.45, 7) is 4.01. The van der Waals surface area contributed by atoms with Crippen LogP contribution in [0.3, 0.4) is 0 Å². The van der Waals surface area contributed by atoms with Crippen LogP contribution in [0.4, 0.5) is 4.79 Å². The number of carbonyl (C=O) groups is 4. The first-order chi connectivity index (χ1) is 18.4. The van der Waals surface area contributed by atoms with Crippen LogP contribution in [-0.2, 0) is 20.8 Å². The molecule has 0 aromatic heterocycles. The Labute approximate surface area is 231 Å². The molecule has 0 radical (unpaired) electrons. The van der Waals surface area contributed by atoms with Gasteiger partial charge in [-0.25, -0.2) is 4.79 Å². The van der Waals surface area contributed by atoms with Crippen molar-refractivity contribution in [2.45, 2.75) is 69.3 Å². The van der Waals surface area contributed by atoms with Gasteiger partial charge in [0, 0.05) is 16.7 Å². The lowest BCUT2D eigenvalue weighted by Crippen LogP contribution is -2.62. The van der Waals surface area contributed by atoms with E-state index in [0.717, 1.165) is 35.7 Å². The third kappa shape index (κ3) is 4.04. The van der Waals surface area contributed by atoms with E-state index in [1.807, 2.05) is 13.0 Å². The van der Waals surface area contributed by atoms with E-state index in [4.69, 9.17) is 4.74 Å². The van der Waals surface area contributed by atoms with Gasteiger partial charge in [0.1, 0.15) is 5.75 Å². The van der Waals surface area contributed by atoms with Gasteiger partial charge in [-0.1, -0.05) is 49.4 Å². The second-order valence-electron chi connectivity index (χ2n) is 12.2. The number of ketones is 1. The number of benzene rings is 1. The average Bonchev–Trinajstić information content (AvgIpc) is 3.34.